The van der Waals surface area contributed by atoms with Gasteiger partial charge < -0.3 is 15.0 Å². The molecule has 148 valence electrons. The summed E-state index contributed by atoms with van der Waals surface area (Å²) in [6.45, 7) is 6.69. The van der Waals surface area contributed by atoms with Crippen LogP contribution in [0.5, 0.6) is 0 Å². The number of piperidine rings is 1. The molecule has 7 heteroatoms. The van der Waals surface area contributed by atoms with E-state index in [0.29, 0.717) is 30.5 Å². The second-order valence-electron chi connectivity index (χ2n) is 7.96. The fourth-order valence-corrected chi connectivity index (χ4v) is 3.96. The van der Waals surface area contributed by atoms with Gasteiger partial charge in [0.15, 0.2) is 0 Å². The van der Waals surface area contributed by atoms with Gasteiger partial charge in [-0.2, -0.15) is 0 Å². The van der Waals surface area contributed by atoms with Crippen LogP contribution in [0.1, 0.15) is 61.4 Å². The number of ether oxygens (including phenoxy) is 1. The molecule has 7 nitrogen and oxygen atoms in total. The van der Waals surface area contributed by atoms with Crippen molar-refractivity contribution in [3.8, 4) is 0 Å². The molecule has 0 spiro atoms. The van der Waals surface area contributed by atoms with Crippen molar-refractivity contribution in [2.24, 2.45) is 11.8 Å². The Bertz CT molecular complexity index is 705. The second-order valence-corrected chi connectivity index (χ2v) is 7.96. The third-order valence-electron chi connectivity index (χ3n) is 5.30. The summed E-state index contributed by atoms with van der Waals surface area (Å²) >= 11 is 0. The lowest BCUT2D eigenvalue weighted by Crippen LogP contribution is -2.40. The van der Waals surface area contributed by atoms with E-state index in [4.69, 9.17) is 9.72 Å². The zero-order chi connectivity index (χ0) is 19.4. The predicted octanol–water partition coefficient (Wildman–Crippen LogP) is 2.13. The summed E-state index contributed by atoms with van der Waals surface area (Å²) in [5.74, 6) is 2.29. The summed E-state index contributed by atoms with van der Waals surface area (Å²) < 4.78 is 4.77. The molecule has 1 aromatic heterocycles. The van der Waals surface area contributed by atoms with Gasteiger partial charge in [0.1, 0.15) is 17.3 Å². The molecular weight excluding hydrogens is 344 g/mol. The fraction of sp³-hybridized carbons (Fsp3) is 0.700. The minimum Gasteiger partial charge on any atom is -0.469 e. The molecule has 0 aliphatic carbocycles. The molecule has 0 aromatic carbocycles. The van der Waals surface area contributed by atoms with Gasteiger partial charge >= 0.3 is 5.97 Å². The first-order valence-corrected chi connectivity index (χ1v) is 9.97. The summed E-state index contributed by atoms with van der Waals surface area (Å²) in [6, 6.07) is 0. The number of carbonyl (C=O) groups is 2. The number of nitrogens with zero attached hydrogens (tertiary/aromatic N) is 3. The molecule has 1 fully saturated rings. The number of hydrogen-bond donors (Lipinski definition) is 1. The molecule has 27 heavy (non-hydrogen) atoms. The topological polar surface area (TPSA) is 84.4 Å². The first kappa shape index (κ1) is 19.6. The molecule has 0 radical (unpaired) electrons. The quantitative estimate of drug-likeness (QED) is 0.768. The van der Waals surface area contributed by atoms with E-state index < -0.39 is 0 Å². The number of hydrogen-bond acceptors (Lipinski definition) is 6. The van der Waals surface area contributed by atoms with E-state index in [2.05, 4.69) is 29.0 Å². The number of methoxy groups -OCH3 is 1. The summed E-state index contributed by atoms with van der Waals surface area (Å²) in [6.07, 6.45) is 4.99. The van der Waals surface area contributed by atoms with Crippen LogP contribution in [0.2, 0.25) is 0 Å². The van der Waals surface area contributed by atoms with Gasteiger partial charge in [0.2, 0.25) is 0 Å². The molecule has 1 amide bonds. The third-order valence-corrected chi connectivity index (χ3v) is 5.30. The number of esters is 1. The highest BCUT2D eigenvalue weighted by molar-refractivity contribution is 5.96. The number of amides is 1. The highest BCUT2D eigenvalue weighted by Crippen LogP contribution is 2.30. The van der Waals surface area contributed by atoms with Crippen LogP contribution in [0.15, 0.2) is 0 Å². The van der Waals surface area contributed by atoms with Crippen LogP contribution in [-0.2, 0) is 22.4 Å². The molecule has 1 N–H and O–H groups in total. The Kier molecular flexibility index (Phi) is 6.29. The van der Waals surface area contributed by atoms with Crippen LogP contribution in [0.4, 0.5) is 5.82 Å². The number of aromatic nitrogens is 2. The van der Waals surface area contributed by atoms with Gasteiger partial charge in [-0.25, -0.2) is 9.97 Å². The van der Waals surface area contributed by atoms with Crippen molar-refractivity contribution in [3.05, 3.63) is 17.1 Å². The molecule has 1 aromatic rings. The van der Waals surface area contributed by atoms with Gasteiger partial charge in [-0.15, -0.1) is 0 Å². The molecule has 3 rings (SSSR count). The van der Waals surface area contributed by atoms with Crippen molar-refractivity contribution in [1.82, 2.24) is 15.3 Å². The molecule has 1 atom stereocenters. The molecule has 0 bridgehead atoms. The molecule has 1 saturated heterocycles. The maximum absolute atomic E-state index is 12.4. The first-order chi connectivity index (χ1) is 13.0. The van der Waals surface area contributed by atoms with Crippen LogP contribution >= 0.6 is 0 Å². The zero-order valence-corrected chi connectivity index (χ0v) is 16.6. The van der Waals surface area contributed by atoms with Crippen LogP contribution < -0.4 is 10.2 Å². The van der Waals surface area contributed by atoms with Crippen LogP contribution in [0.25, 0.3) is 0 Å². The van der Waals surface area contributed by atoms with E-state index >= 15 is 0 Å². The van der Waals surface area contributed by atoms with Gasteiger partial charge in [0.05, 0.1) is 7.11 Å². The van der Waals surface area contributed by atoms with Crippen molar-refractivity contribution in [1.29, 1.82) is 0 Å². The second kappa shape index (κ2) is 8.67. The average molecular weight is 374 g/mol. The molecule has 0 saturated carbocycles. The fourth-order valence-electron chi connectivity index (χ4n) is 3.96. The van der Waals surface area contributed by atoms with Gasteiger partial charge in [-0.3, -0.25) is 9.59 Å². The smallest absolute Gasteiger partial charge is 0.305 e. The summed E-state index contributed by atoms with van der Waals surface area (Å²) in [4.78, 5) is 35.6. The average Bonchev–Trinajstić information content (AvgIpc) is 2.66. The van der Waals surface area contributed by atoms with Crippen molar-refractivity contribution >= 4 is 17.7 Å². The molecule has 2 aliphatic heterocycles. The summed E-state index contributed by atoms with van der Waals surface area (Å²) in [5, 5.41) is 2.90. The van der Waals surface area contributed by atoms with Gasteiger partial charge in [0.25, 0.3) is 5.91 Å². The lowest BCUT2D eigenvalue weighted by Gasteiger charge is -2.35. The minimum absolute atomic E-state index is 0.0934. The number of carbonyl (C=O) groups excluding carboxylic acids is 2. The SMILES string of the molecule is COC(=O)CCC1CCCN(c2nc(CC(C)C)nc3c2CCNC3=O)C1. The monoisotopic (exact) mass is 374 g/mol. The van der Waals surface area contributed by atoms with E-state index in [1.54, 1.807) is 0 Å². The number of rotatable bonds is 6. The van der Waals surface area contributed by atoms with Crippen molar-refractivity contribution in [3.63, 3.8) is 0 Å². The number of fused-ring (bicyclic) bond motifs is 1. The standard InChI is InChI=1S/C20H30N4O3/c1-13(2)11-16-22-18-15(8-9-21-20(18)26)19(23-16)24-10-4-5-14(12-24)6-7-17(25)27-3/h13-14H,4-12H2,1-3H3,(H,21,26). The maximum atomic E-state index is 12.4. The molecule has 2 aliphatic rings. The van der Waals surface area contributed by atoms with Crippen LogP contribution in [-0.4, -0.2) is 48.6 Å². The van der Waals surface area contributed by atoms with Gasteiger partial charge in [-0.05, 0) is 37.5 Å². The first-order valence-electron chi connectivity index (χ1n) is 9.97. The molecule has 3 heterocycles. The summed E-state index contributed by atoms with van der Waals surface area (Å²) in [5.41, 5.74) is 1.51. The van der Waals surface area contributed by atoms with Crippen LogP contribution in [0.3, 0.4) is 0 Å². The van der Waals surface area contributed by atoms with Crippen molar-refractivity contribution < 1.29 is 14.3 Å². The van der Waals surface area contributed by atoms with Crippen molar-refractivity contribution in [2.45, 2.75) is 52.4 Å². The zero-order valence-electron chi connectivity index (χ0n) is 16.6. The lowest BCUT2D eigenvalue weighted by molar-refractivity contribution is -0.140. The Morgan fingerprint density at radius 1 is 1.37 bits per heavy atom. The number of nitrogens with one attached hydrogen (secondary N) is 1. The van der Waals surface area contributed by atoms with Crippen LogP contribution in [0, 0.1) is 11.8 Å². The number of anilines is 1. The third kappa shape index (κ3) is 4.76. The predicted molar refractivity (Wildman–Crippen MR) is 103 cm³/mol. The highest BCUT2D eigenvalue weighted by atomic mass is 16.5. The minimum atomic E-state index is -0.151. The Morgan fingerprint density at radius 2 is 2.19 bits per heavy atom. The van der Waals surface area contributed by atoms with Crippen molar-refractivity contribution in [2.75, 3.05) is 31.6 Å². The van der Waals surface area contributed by atoms with E-state index in [9.17, 15) is 9.59 Å². The Balaban J connectivity index is 1.84. The van der Waals surface area contributed by atoms with Gasteiger partial charge in [-0.1, -0.05) is 13.8 Å². The van der Waals surface area contributed by atoms with E-state index in [0.717, 1.165) is 62.4 Å². The maximum Gasteiger partial charge on any atom is 0.305 e. The van der Waals surface area contributed by atoms with E-state index in [1.165, 1.54) is 7.11 Å². The lowest BCUT2D eigenvalue weighted by atomic mass is 9.92. The van der Waals surface area contributed by atoms with E-state index in [-0.39, 0.29) is 11.9 Å². The van der Waals surface area contributed by atoms with Gasteiger partial charge in [0, 0.05) is 38.0 Å². The largest absolute Gasteiger partial charge is 0.469 e. The Hall–Kier alpha value is -2.18. The summed E-state index contributed by atoms with van der Waals surface area (Å²) in [7, 11) is 1.43. The highest BCUT2D eigenvalue weighted by Gasteiger charge is 2.29. The Morgan fingerprint density at radius 3 is 2.93 bits per heavy atom. The Labute approximate surface area is 160 Å². The molecular formula is C20H30N4O3. The van der Waals surface area contributed by atoms with E-state index in [1.807, 2.05) is 0 Å². The molecule has 1 unspecified atom stereocenters. The normalized spacial score (nSPS) is 19.6.